The van der Waals surface area contributed by atoms with Crippen molar-refractivity contribution < 1.29 is 0 Å². The molecule has 0 bridgehead atoms. The molecule has 0 saturated heterocycles. The third-order valence-electron chi connectivity index (χ3n) is 3.96. The van der Waals surface area contributed by atoms with E-state index in [0.717, 1.165) is 28.9 Å². The molecule has 2 rings (SSSR count). The number of nitrogens with zero attached hydrogens (tertiary/aromatic N) is 2. The Kier molecular flexibility index (Phi) is 4.21. The molecule has 1 aromatic rings. The lowest BCUT2D eigenvalue weighted by atomic mass is 9.95. The Bertz CT molecular complexity index is 476. The predicted molar refractivity (Wildman–Crippen MR) is 85.4 cm³/mol. The summed E-state index contributed by atoms with van der Waals surface area (Å²) < 4.78 is 0. The first-order valence-corrected chi connectivity index (χ1v) is 7.70. The van der Waals surface area contributed by atoms with E-state index in [4.69, 9.17) is 4.98 Å². The Morgan fingerprint density at radius 3 is 2.40 bits per heavy atom. The third-order valence-corrected chi connectivity index (χ3v) is 3.96. The zero-order valence-electron chi connectivity index (χ0n) is 13.7. The van der Waals surface area contributed by atoms with E-state index in [2.05, 4.69) is 50.2 Å². The molecule has 1 aliphatic rings. The second-order valence-corrected chi connectivity index (χ2v) is 6.90. The van der Waals surface area contributed by atoms with Gasteiger partial charge in [-0.15, -0.1) is 0 Å². The first kappa shape index (κ1) is 15.1. The largest absolute Gasteiger partial charge is 0.373 e. The Morgan fingerprint density at radius 2 is 1.85 bits per heavy atom. The Balaban J connectivity index is 2.23. The summed E-state index contributed by atoms with van der Waals surface area (Å²) in [7, 11) is 1.92. The van der Waals surface area contributed by atoms with Crippen molar-refractivity contribution in [2.75, 3.05) is 17.7 Å². The van der Waals surface area contributed by atoms with Crippen LogP contribution < -0.4 is 10.6 Å². The molecule has 4 heteroatoms. The molecule has 1 aromatic heterocycles. The van der Waals surface area contributed by atoms with Gasteiger partial charge in [0.2, 0.25) is 0 Å². The van der Waals surface area contributed by atoms with Crippen LogP contribution in [-0.2, 0) is 5.41 Å². The van der Waals surface area contributed by atoms with Crippen LogP contribution in [-0.4, -0.2) is 23.1 Å². The predicted octanol–water partition coefficient (Wildman–Crippen LogP) is 3.72. The van der Waals surface area contributed by atoms with Gasteiger partial charge in [0.15, 0.2) is 0 Å². The SMILES string of the molecule is CCCC1CC1Nc1nc(C(C)(C)C)nc(NC)c1C. The fourth-order valence-corrected chi connectivity index (χ4v) is 2.53. The van der Waals surface area contributed by atoms with Gasteiger partial charge in [-0.1, -0.05) is 34.1 Å². The smallest absolute Gasteiger partial charge is 0.138 e. The monoisotopic (exact) mass is 276 g/mol. The van der Waals surface area contributed by atoms with E-state index in [0.29, 0.717) is 6.04 Å². The van der Waals surface area contributed by atoms with E-state index < -0.39 is 0 Å². The fourth-order valence-electron chi connectivity index (χ4n) is 2.53. The van der Waals surface area contributed by atoms with E-state index >= 15 is 0 Å². The topological polar surface area (TPSA) is 49.8 Å². The van der Waals surface area contributed by atoms with Gasteiger partial charge in [-0.3, -0.25) is 0 Å². The van der Waals surface area contributed by atoms with Crippen molar-refractivity contribution in [3.8, 4) is 0 Å². The summed E-state index contributed by atoms with van der Waals surface area (Å²) in [5.41, 5.74) is 1.07. The summed E-state index contributed by atoms with van der Waals surface area (Å²) in [5, 5.41) is 6.80. The minimum Gasteiger partial charge on any atom is -0.373 e. The molecule has 1 fully saturated rings. The van der Waals surface area contributed by atoms with Crippen molar-refractivity contribution in [2.45, 2.75) is 65.3 Å². The van der Waals surface area contributed by atoms with Crippen LogP contribution in [0.3, 0.4) is 0 Å². The van der Waals surface area contributed by atoms with Gasteiger partial charge in [-0.05, 0) is 25.7 Å². The molecule has 0 spiro atoms. The van der Waals surface area contributed by atoms with Gasteiger partial charge in [0.25, 0.3) is 0 Å². The van der Waals surface area contributed by atoms with Crippen LogP contribution in [0.2, 0.25) is 0 Å². The highest BCUT2D eigenvalue weighted by Crippen LogP contribution is 2.38. The summed E-state index contributed by atoms with van der Waals surface area (Å²) in [5.74, 6) is 3.64. The van der Waals surface area contributed by atoms with Gasteiger partial charge in [-0.2, -0.15) is 0 Å². The van der Waals surface area contributed by atoms with Gasteiger partial charge in [0.1, 0.15) is 17.5 Å². The highest BCUT2D eigenvalue weighted by Gasteiger charge is 2.36. The van der Waals surface area contributed by atoms with E-state index in [1.54, 1.807) is 0 Å². The molecule has 0 amide bonds. The van der Waals surface area contributed by atoms with E-state index in [1.807, 2.05) is 7.05 Å². The van der Waals surface area contributed by atoms with Gasteiger partial charge >= 0.3 is 0 Å². The highest BCUT2D eigenvalue weighted by molar-refractivity contribution is 5.58. The van der Waals surface area contributed by atoms with Crippen molar-refractivity contribution in [1.29, 1.82) is 0 Å². The molecule has 2 N–H and O–H groups in total. The van der Waals surface area contributed by atoms with Crippen LogP contribution in [0.25, 0.3) is 0 Å². The minimum absolute atomic E-state index is 0.0396. The van der Waals surface area contributed by atoms with E-state index in [9.17, 15) is 0 Å². The molecule has 1 saturated carbocycles. The number of hydrogen-bond donors (Lipinski definition) is 2. The second-order valence-electron chi connectivity index (χ2n) is 6.90. The van der Waals surface area contributed by atoms with Crippen molar-refractivity contribution in [3.63, 3.8) is 0 Å². The molecule has 1 heterocycles. The van der Waals surface area contributed by atoms with Crippen molar-refractivity contribution >= 4 is 11.6 Å². The zero-order valence-corrected chi connectivity index (χ0v) is 13.7. The fraction of sp³-hybridized carbons (Fsp3) is 0.750. The van der Waals surface area contributed by atoms with Crippen LogP contribution >= 0.6 is 0 Å². The number of rotatable bonds is 5. The summed E-state index contributed by atoms with van der Waals surface area (Å²) >= 11 is 0. The van der Waals surface area contributed by atoms with Gasteiger partial charge in [-0.25, -0.2) is 9.97 Å². The normalized spacial score (nSPS) is 21.7. The lowest BCUT2D eigenvalue weighted by molar-refractivity contribution is 0.546. The Morgan fingerprint density at radius 1 is 1.20 bits per heavy atom. The maximum atomic E-state index is 4.76. The van der Waals surface area contributed by atoms with Crippen molar-refractivity contribution in [2.24, 2.45) is 5.92 Å². The third kappa shape index (κ3) is 3.22. The summed E-state index contributed by atoms with van der Waals surface area (Å²) in [4.78, 5) is 9.41. The lowest BCUT2D eigenvalue weighted by Gasteiger charge is -2.21. The number of aromatic nitrogens is 2. The molecular weight excluding hydrogens is 248 g/mol. The lowest BCUT2D eigenvalue weighted by Crippen LogP contribution is -2.20. The average molecular weight is 276 g/mol. The molecule has 1 aliphatic carbocycles. The zero-order chi connectivity index (χ0) is 14.9. The number of nitrogens with one attached hydrogen (secondary N) is 2. The van der Waals surface area contributed by atoms with Gasteiger partial charge in [0.05, 0.1) is 0 Å². The van der Waals surface area contributed by atoms with E-state index in [1.165, 1.54) is 19.3 Å². The first-order chi connectivity index (χ1) is 9.36. The van der Waals surface area contributed by atoms with E-state index in [-0.39, 0.29) is 5.41 Å². The quantitative estimate of drug-likeness (QED) is 0.860. The number of hydrogen-bond acceptors (Lipinski definition) is 4. The van der Waals surface area contributed by atoms with Crippen LogP contribution in [0.1, 0.15) is 58.3 Å². The molecule has 0 aromatic carbocycles. The second kappa shape index (κ2) is 5.58. The Labute approximate surface area is 122 Å². The van der Waals surface area contributed by atoms with Crippen LogP contribution in [0.15, 0.2) is 0 Å². The molecule has 0 radical (unpaired) electrons. The minimum atomic E-state index is -0.0396. The molecule has 2 unspecified atom stereocenters. The maximum absolute atomic E-state index is 4.76. The average Bonchev–Trinajstić information content (AvgIpc) is 3.09. The molecular formula is C16H28N4. The number of anilines is 2. The maximum Gasteiger partial charge on any atom is 0.138 e. The standard InChI is InChI=1S/C16H28N4/c1-7-8-11-9-12(11)18-14-10(2)13(17-6)19-15(20-14)16(3,4)5/h11-12H,7-9H2,1-6H3,(H2,17,18,19,20). The van der Waals surface area contributed by atoms with Gasteiger partial charge in [0, 0.05) is 24.1 Å². The van der Waals surface area contributed by atoms with Crippen LogP contribution in [0, 0.1) is 12.8 Å². The van der Waals surface area contributed by atoms with Crippen molar-refractivity contribution in [3.05, 3.63) is 11.4 Å². The molecule has 112 valence electrons. The molecule has 4 nitrogen and oxygen atoms in total. The van der Waals surface area contributed by atoms with Crippen LogP contribution in [0.4, 0.5) is 11.6 Å². The first-order valence-electron chi connectivity index (χ1n) is 7.70. The molecule has 2 atom stereocenters. The summed E-state index contributed by atoms with van der Waals surface area (Å²) in [6.45, 7) is 10.8. The highest BCUT2D eigenvalue weighted by atomic mass is 15.1. The molecule has 0 aliphatic heterocycles. The molecule has 20 heavy (non-hydrogen) atoms. The van der Waals surface area contributed by atoms with Crippen LogP contribution in [0.5, 0.6) is 0 Å². The summed E-state index contributed by atoms with van der Waals surface area (Å²) in [6.07, 6.45) is 3.85. The van der Waals surface area contributed by atoms with Crippen molar-refractivity contribution in [1.82, 2.24) is 9.97 Å². The van der Waals surface area contributed by atoms with Gasteiger partial charge < -0.3 is 10.6 Å². The Hall–Kier alpha value is -1.32. The summed E-state index contributed by atoms with van der Waals surface area (Å²) in [6, 6.07) is 0.598.